The van der Waals surface area contributed by atoms with Crippen LogP contribution in [0.2, 0.25) is 0 Å². The topological polar surface area (TPSA) is 91.9 Å². The maximum Gasteiger partial charge on any atom is 0.227 e. The van der Waals surface area contributed by atoms with E-state index < -0.39 is 21.4 Å². The van der Waals surface area contributed by atoms with Gasteiger partial charge in [0, 0.05) is 27.2 Å². The normalized spacial score (nSPS) is 13.3. The molecule has 0 fully saturated rings. The number of rotatable bonds is 5. The monoisotopic (exact) mass is 414 g/mol. The molecule has 0 spiro atoms. The van der Waals surface area contributed by atoms with Gasteiger partial charge >= 0.3 is 0 Å². The number of halogens is 2. The van der Waals surface area contributed by atoms with Crippen LogP contribution < -0.4 is 5.32 Å². The number of anilines is 2. The number of hydrogen-bond acceptors (Lipinski definition) is 6. The number of nitrogens with one attached hydrogen (secondary N) is 2. The summed E-state index contributed by atoms with van der Waals surface area (Å²) in [4.78, 5) is 8.18. The molecule has 148 valence electrons. The lowest BCUT2D eigenvalue weighted by Crippen LogP contribution is -2.02. The molecule has 1 atom stereocenters. The zero-order chi connectivity index (χ0) is 20.6. The number of benzene rings is 2. The minimum absolute atomic E-state index is 0.0265. The van der Waals surface area contributed by atoms with Crippen molar-refractivity contribution in [3.05, 3.63) is 72.1 Å². The number of hydrogen-bond donors (Lipinski definition) is 2. The Kier molecular flexibility index (Phi) is 4.75. The molecule has 0 saturated carbocycles. The molecule has 6 nitrogen and oxygen atoms in total. The van der Waals surface area contributed by atoms with Gasteiger partial charge in [-0.25, -0.2) is 23.0 Å². The Labute approximate surface area is 165 Å². The first-order chi connectivity index (χ1) is 13.8. The summed E-state index contributed by atoms with van der Waals surface area (Å²) in [5, 5.41) is 3.21. The van der Waals surface area contributed by atoms with E-state index in [0.29, 0.717) is 11.3 Å². The highest BCUT2D eigenvalue weighted by Gasteiger charge is 2.17. The Morgan fingerprint density at radius 3 is 2.79 bits per heavy atom. The van der Waals surface area contributed by atoms with Gasteiger partial charge in [-0.1, -0.05) is 12.1 Å². The molecule has 2 aromatic carbocycles. The van der Waals surface area contributed by atoms with Crippen LogP contribution in [0.3, 0.4) is 0 Å². The van der Waals surface area contributed by atoms with Gasteiger partial charge in [0.15, 0.2) is 5.82 Å². The van der Waals surface area contributed by atoms with Crippen LogP contribution in [0, 0.1) is 16.4 Å². The average Bonchev–Trinajstić information content (AvgIpc) is 3.14. The molecule has 0 saturated heterocycles. The van der Waals surface area contributed by atoms with Crippen molar-refractivity contribution in [1.82, 2.24) is 9.97 Å². The molecule has 4 aromatic rings. The molecule has 9 heteroatoms. The summed E-state index contributed by atoms with van der Waals surface area (Å²) in [7, 11) is -2.68. The molecular formula is C20H16F2N4O2S. The Morgan fingerprint density at radius 1 is 1.17 bits per heavy atom. The molecule has 0 bridgehead atoms. The highest BCUT2D eigenvalue weighted by atomic mass is 32.2. The quantitative estimate of drug-likeness (QED) is 0.475. The molecule has 0 aliphatic carbocycles. The van der Waals surface area contributed by atoms with E-state index in [2.05, 4.69) is 15.3 Å². The first kappa shape index (κ1) is 19.0. The predicted molar refractivity (Wildman–Crippen MR) is 107 cm³/mol. The van der Waals surface area contributed by atoms with Gasteiger partial charge < -0.3 is 9.73 Å². The Hall–Kier alpha value is -3.33. The predicted octanol–water partition coefficient (Wildman–Crippen LogP) is 5.09. The fourth-order valence-electron chi connectivity index (χ4n) is 3.02. The lowest BCUT2D eigenvalue weighted by Gasteiger charge is -2.10. The van der Waals surface area contributed by atoms with Crippen molar-refractivity contribution in [2.75, 3.05) is 11.6 Å². The van der Waals surface area contributed by atoms with E-state index >= 15 is 0 Å². The van der Waals surface area contributed by atoms with E-state index in [1.165, 1.54) is 30.7 Å². The third-order valence-corrected chi connectivity index (χ3v) is 5.07. The van der Waals surface area contributed by atoms with Gasteiger partial charge in [-0.2, -0.15) is 0 Å². The van der Waals surface area contributed by atoms with Gasteiger partial charge in [0.1, 0.15) is 17.1 Å². The van der Waals surface area contributed by atoms with Crippen molar-refractivity contribution in [2.24, 2.45) is 0 Å². The lowest BCUT2D eigenvalue weighted by molar-refractivity contribution is 0.605. The molecule has 0 radical (unpaired) electrons. The van der Waals surface area contributed by atoms with Crippen LogP contribution in [0.25, 0.3) is 22.2 Å². The lowest BCUT2D eigenvalue weighted by atomic mass is 10.1. The fraction of sp³-hybridized carbons (Fsp3) is 0.100. The Bertz CT molecular complexity index is 1320. The van der Waals surface area contributed by atoms with Gasteiger partial charge in [-0.3, -0.25) is 4.78 Å². The summed E-state index contributed by atoms with van der Waals surface area (Å²) >= 11 is 0. The van der Waals surface area contributed by atoms with Crippen molar-refractivity contribution < 1.29 is 17.4 Å². The van der Waals surface area contributed by atoms with Crippen LogP contribution >= 0.6 is 0 Å². The second-order valence-corrected chi connectivity index (χ2v) is 8.92. The standard InChI is InChI=1S/C20H16F2N4O2S/c1-29(23,27)11-12-3-2-4-13(9-12)25-20-24-10-17(22)18(26-20)15-5-6-16(21)14-7-8-28-19(14)15/h2-10,23H,11H2,1H3,(H,24,25,26). The van der Waals surface area contributed by atoms with Crippen molar-refractivity contribution in [2.45, 2.75) is 5.75 Å². The van der Waals surface area contributed by atoms with Crippen LogP contribution in [-0.2, 0) is 15.5 Å². The van der Waals surface area contributed by atoms with Gasteiger partial charge in [0.25, 0.3) is 0 Å². The van der Waals surface area contributed by atoms with E-state index in [9.17, 15) is 13.0 Å². The molecular weight excluding hydrogens is 398 g/mol. The highest BCUT2D eigenvalue weighted by molar-refractivity contribution is 7.90. The minimum Gasteiger partial charge on any atom is -0.464 e. The highest BCUT2D eigenvalue weighted by Crippen LogP contribution is 2.32. The maximum absolute atomic E-state index is 14.4. The zero-order valence-corrected chi connectivity index (χ0v) is 16.1. The van der Waals surface area contributed by atoms with Crippen LogP contribution in [0.5, 0.6) is 0 Å². The summed E-state index contributed by atoms with van der Waals surface area (Å²) in [6.07, 6.45) is 3.73. The van der Waals surface area contributed by atoms with Crippen LogP contribution in [0.4, 0.5) is 20.4 Å². The molecule has 4 rings (SSSR count). The van der Waals surface area contributed by atoms with E-state index in [-0.39, 0.29) is 28.4 Å². The van der Waals surface area contributed by atoms with Gasteiger partial charge in [0.05, 0.1) is 23.6 Å². The number of aromatic nitrogens is 2. The van der Waals surface area contributed by atoms with Crippen LogP contribution in [0.1, 0.15) is 5.56 Å². The third-order valence-electron chi connectivity index (χ3n) is 4.19. The van der Waals surface area contributed by atoms with E-state index in [4.69, 9.17) is 9.20 Å². The molecule has 29 heavy (non-hydrogen) atoms. The minimum atomic E-state index is -2.68. The zero-order valence-electron chi connectivity index (χ0n) is 15.3. The first-order valence-electron chi connectivity index (χ1n) is 8.56. The van der Waals surface area contributed by atoms with Crippen molar-refractivity contribution in [1.29, 1.82) is 4.78 Å². The Morgan fingerprint density at radius 2 is 2.00 bits per heavy atom. The Balaban J connectivity index is 1.70. The molecule has 2 heterocycles. The maximum atomic E-state index is 14.4. The second kappa shape index (κ2) is 7.25. The summed E-state index contributed by atoms with van der Waals surface area (Å²) in [5.41, 5.74) is 1.80. The molecule has 1 unspecified atom stereocenters. The second-order valence-electron chi connectivity index (χ2n) is 6.62. The van der Waals surface area contributed by atoms with E-state index in [0.717, 1.165) is 11.8 Å². The summed E-state index contributed by atoms with van der Waals surface area (Å²) in [5.74, 6) is -0.896. The van der Waals surface area contributed by atoms with Crippen LogP contribution in [0.15, 0.2) is 59.3 Å². The van der Waals surface area contributed by atoms with Gasteiger partial charge in [0.2, 0.25) is 5.95 Å². The summed E-state index contributed by atoms with van der Waals surface area (Å²) < 4.78 is 53.0. The smallest absolute Gasteiger partial charge is 0.227 e. The third kappa shape index (κ3) is 4.09. The van der Waals surface area contributed by atoms with Crippen molar-refractivity contribution in [3.63, 3.8) is 0 Å². The van der Waals surface area contributed by atoms with Crippen LogP contribution in [-0.4, -0.2) is 20.4 Å². The van der Waals surface area contributed by atoms with E-state index in [1.807, 2.05) is 0 Å². The SMILES string of the molecule is CS(=N)(=O)Cc1cccc(Nc2ncc(F)c(-c3ccc(F)c4ccoc34)n2)c1. The average molecular weight is 414 g/mol. The summed E-state index contributed by atoms with van der Waals surface area (Å²) in [6, 6.07) is 11.1. The fourth-order valence-corrected chi connectivity index (χ4v) is 3.83. The molecule has 0 amide bonds. The summed E-state index contributed by atoms with van der Waals surface area (Å²) in [6.45, 7) is 0. The molecule has 2 aromatic heterocycles. The largest absolute Gasteiger partial charge is 0.464 e. The first-order valence-corrected chi connectivity index (χ1v) is 10.7. The van der Waals surface area contributed by atoms with Crippen molar-refractivity contribution in [3.8, 4) is 11.3 Å². The van der Waals surface area contributed by atoms with Gasteiger partial charge in [-0.15, -0.1) is 0 Å². The van der Waals surface area contributed by atoms with Gasteiger partial charge in [-0.05, 0) is 35.9 Å². The molecule has 0 aliphatic heterocycles. The number of fused-ring (bicyclic) bond motifs is 1. The molecule has 2 N–H and O–H groups in total. The number of nitrogens with zero attached hydrogens (tertiary/aromatic N) is 2. The van der Waals surface area contributed by atoms with E-state index in [1.54, 1.807) is 24.3 Å². The van der Waals surface area contributed by atoms with Crippen molar-refractivity contribution >= 4 is 32.3 Å². The molecule has 0 aliphatic rings. The number of furan rings is 1.